The highest BCUT2D eigenvalue weighted by Crippen LogP contribution is 2.19. The fourth-order valence-corrected chi connectivity index (χ4v) is 1.92. The van der Waals surface area contributed by atoms with Crippen molar-refractivity contribution < 1.29 is 4.79 Å². The zero-order chi connectivity index (χ0) is 12.3. The lowest BCUT2D eigenvalue weighted by molar-refractivity contribution is -0.128. The average molecular weight is 225 g/mol. The number of benzene rings is 1. The summed E-state index contributed by atoms with van der Waals surface area (Å²) in [5.74, 6) is -0.151. The molecule has 1 saturated heterocycles. The molecule has 1 aliphatic rings. The van der Waals surface area contributed by atoms with E-state index in [0.29, 0.717) is 25.1 Å². The van der Waals surface area contributed by atoms with E-state index in [9.17, 15) is 4.79 Å². The van der Waals surface area contributed by atoms with Crippen LogP contribution in [0.2, 0.25) is 0 Å². The minimum Gasteiger partial charge on any atom is -0.337 e. The van der Waals surface area contributed by atoms with Gasteiger partial charge in [-0.3, -0.25) is 4.79 Å². The molecular formula is C13H11N3O. The Morgan fingerprint density at radius 2 is 2.00 bits per heavy atom. The van der Waals surface area contributed by atoms with Gasteiger partial charge in [0.2, 0.25) is 5.91 Å². The lowest BCUT2D eigenvalue weighted by Gasteiger charge is -2.15. The molecule has 0 aromatic heterocycles. The van der Waals surface area contributed by atoms with Gasteiger partial charge in [-0.25, -0.2) is 0 Å². The van der Waals surface area contributed by atoms with Gasteiger partial charge in [-0.05, 0) is 17.7 Å². The van der Waals surface area contributed by atoms with Crippen LogP contribution in [0, 0.1) is 28.6 Å². The average Bonchev–Trinajstić information content (AvgIpc) is 2.71. The van der Waals surface area contributed by atoms with Crippen LogP contribution in [-0.2, 0) is 11.3 Å². The maximum absolute atomic E-state index is 11.6. The van der Waals surface area contributed by atoms with Gasteiger partial charge in [-0.15, -0.1) is 0 Å². The van der Waals surface area contributed by atoms with Crippen LogP contribution in [-0.4, -0.2) is 17.4 Å². The molecule has 4 heteroatoms. The molecule has 0 spiro atoms. The van der Waals surface area contributed by atoms with Crippen LogP contribution in [0.15, 0.2) is 24.3 Å². The lowest BCUT2D eigenvalue weighted by Crippen LogP contribution is -2.24. The van der Waals surface area contributed by atoms with E-state index in [0.717, 1.165) is 5.56 Å². The van der Waals surface area contributed by atoms with Crippen molar-refractivity contribution in [1.82, 2.24) is 4.90 Å². The number of hydrogen-bond acceptors (Lipinski definition) is 3. The van der Waals surface area contributed by atoms with Crippen molar-refractivity contribution in [2.45, 2.75) is 13.0 Å². The third-order valence-corrected chi connectivity index (χ3v) is 2.85. The van der Waals surface area contributed by atoms with Gasteiger partial charge in [0.25, 0.3) is 0 Å². The Morgan fingerprint density at radius 3 is 2.53 bits per heavy atom. The summed E-state index contributed by atoms with van der Waals surface area (Å²) in [6, 6.07) is 11.3. The first-order valence-corrected chi connectivity index (χ1v) is 5.39. The van der Waals surface area contributed by atoms with Crippen LogP contribution in [0.25, 0.3) is 0 Å². The highest BCUT2D eigenvalue weighted by atomic mass is 16.2. The van der Waals surface area contributed by atoms with E-state index in [4.69, 9.17) is 10.5 Å². The molecule has 1 aromatic carbocycles. The summed E-state index contributed by atoms with van der Waals surface area (Å²) in [7, 11) is 0. The van der Waals surface area contributed by atoms with Gasteiger partial charge in [-0.2, -0.15) is 10.5 Å². The molecule has 1 atom stereocenters. The van der Waals surface area contributed by atoms with Crippen LogP contribution >= 0.6 is 0 Å². The number of hydrogen-bond donors (Lipinski definition) is 0. The van der Waals surface area contributed by atoms with Gasteiger partial charge < -0.3 is 4.90 Å². The fourth-order valence-electron chi connectivity index (χ4n) is 1.92. The van der Waals surface area contributed by atoms with Crippen LogP contribution < -0.4 is 0 Å². The molecule has 0 radical (unpaired) electrons. The molecule has 1 heterocycles. The molecule has 17 heavy (non-hydrogen) atoms. The molecule has 1 amide bonds. The van der Waals surface area contributed by atoms with E-state index >= 15 is 0 Å². The quantitative estimate of drug-likeness (QED) is 0.764. The first-order chi connectivity index (χ1) is 8.22. The summed E-state index contributed by atoms with van der Waals surface area (Å²) in [6.45, 7) is 1.03. The normalized spacial score (nSPS) is 18.8. The molecule has 2 rings (SSSR count). The summed E-state index contributed by atoms with van der Waals surface area (Å²) in [6.07, 6.45) is 0.326. The Kier molecular flexibility index (Phi) is 3.07. The largest absolute Gasteiger partial charge is 0.337 e. The highest BCUT2D eigenvalue weighted by Gasteiger charge is 2.29. The SMILES string of the molecule is N#Cc1ccc(CN2CC(C#N)CC2=O)cc1. The molecule has 1 unspecified atom stereocenters. The summed E-state index contributed by atoms with van der Waals surface area (Å²) in [5, 5.41) is 17.4. The van der Waals surface area contributed by atoms with E-state index in [2.05, 4.69) is 6.07 Å². The Bertz CT molecular complexity index is 507. The van der Waals surface area contributed by atoms with Crippen molar-refractivity contribution in [1.29, 1.82) is 10.5 Å². The molecule has 1 fully saturated rings. The summed E-state index contributed by atoms with van der Waals surface area (Å²) < 4.78 is 0. The second-order valence-electron chi connectivity index (χ2n) is 4.11. The van der Waals surface area contributed by atoms with E-state index in [1.807, 2.05) is 18.2 Å². The molecular weight excluding hydrogens is 214 g/mol. The van der Waals surface area contributed by atoms with E-state index in [-0.39, 0.29) is 11.8 Å². The van der Waals surface area contributed by atoms with Crippen molar-refractivity contribution in [2.75, 3.05) is 6.54 Å². The van der Waals surface area contributed by atoms with Crippen molar-refractivity contribution in [3.63, 3.8) is 0 Å². The van der Waals surface area contributed by atoms with Crippen molar-refractivity contribution in [2.24, 2.45) is 5.92 Å². The predicted octanol–water partition coefficient (Wildman–Crippen LogP) is 1.43. The van der Waals surface area contributed by atoms with E-state index in [1.165, 1.54) is 0 Å². The number of rotatable bonds is 2. The minimum absolute atomic E-state index is 0.0286. The number of carbonyl (C=O) groups excluding carboxylic acids is 1. The molecule has 0 N–H and O–H groups in total. The third kappa shape index (κ3) is 2.43. The Morgan fingerprint density at radius 1 is 1.29 bits per heavy atom. The second kappa shape index (κ2) is 4.67. The van der Waals surface area contributed by atoms with Crippen molar-refractivity contribution >= 4 is 5.91 Å². The zero-order valence-electron chi connectivity index (χ0n) is 9.26. The lowest BCUT2D eigenvalue weighted by atomic mass is 10.1. The van der Waals surface area contributed by atoms with Gasteiger partial charge in [0.1, 0.15) is 0 Å². The summed E-state index contributed by atoms with van der Waals surface area (Å²) in [4.78, 5) is 13.3. The zero-order valence-corrected chi connectivity index (χ0v) is 9.26. The minimum atomic E-state index is -0.180. The maximum Gasteiger partial charge on any atom is 0.224 e. The number of amides is 1. The molecule has 0 saturated carbocycles. The van der Waals surface area contributed by atoms with Gasteiger partial charge in [0.05, 0.1) is 23.6 Å². The summed E-state index contributed by atoms with van der Waals surface area (Å²) >= 11 is 0. The first-order valence-electron chi connectivity index (χ1n) is 5.39. The molecule has 84 valence electrons. The first kappa shape index (κ1) is 11.2. The van der Waals surface area contributed by atoms with Crippen LogP contribution in [0.4, 0.5) is 0 Å². The van der Waals surface area contributed by atoms with E-state index < -0.39 is 0 Å². The molecule has 1 aromatic rings. The molecule has 4 nitrogen and oxygen atoms in total. The van der Waals surface area contributed by atoms with Crippen molar-refractivity contribution in [3.8, 4) is 12.1 Å². The highest BCUT2D eigenvalue weighted by molar-refractivity contribution is 5.79. The number of nitriles is 2. The van der Waals surface area contributed by atoms with Crippen LogP contribution in [0.1, 0.15) is 17.5 Å². The molecule has 0 bridgehead atoms. The van der Waals surface area contributed by atoms with Crippen LogP contribution in [0.5, 0.6) is 0 Å². The topological polar surface area (TPSA) is 67.9 Å². The number of nitrogens with zero attached hydrogens (tertiary/aromatic N) is 3. The van der Waals surface area contributed by atoms with Crippen molar-refractivity contribution in [3.05, 3.63) is 35.4 Å². The molecule has 1 aliphatic heterocycles. The Balaban J connectivity index is 2.04. The van der Waals surface area contributed by atoms with Gasteiger partial charge in [0, 0.05) is 19.5 Å². The number of carbonyl (C=O) groups is 1. The Labute approximate surface area is 99.7 Å². The van der Waals surface area contributed by atoms with Crippen LogP contribution in [0.3, 0.4) is 0 Å². The van der Waals surface area contributed by atoms with Gasteiger partial charge >= 0.3 is 0 Å². The van der Waals surface area contributed by atoms with Gasteiger partial charge in [0.15, 0.2) is 0 Å². The third-order valence-electron chi connectivity index (χ3n) is 2.85. The van der Waals surface area contributed by atoms with E-state index in [1.54, 1.807) is 17.0 Å². The predicted molar refractivity (Wildman–Crippen MR) is 60.3 cm³/mol. The second-order valence-corrected chi connectivity index (χ2v) is 4.11. The fraction of sp³-hybridized carbons (Fsp3) is 0.308. The number of likely N-dealkylation sites (tertiary alicyclic amines) is 1. The van der Waals surface area contributed by atoms with Gasteiger partial charge in [-0.1, -0.05) is 12.1 Å². The molecule has 0 aliphatic carbocycles. The monoisotopic (exact) mass is 225 g/mol. The maximum atomic E-state index is 11.6. The standard InChI is InChI=1S/C13H11N3O/c14-6-10-1-3-11(4-2-10)8-16-9-12(7-15)5-13(16)17/h1-4,12H,5,8-9H2. The summed E-state index contributed by atoms with van der Waals surface area (Å²) in [5.41, 5.74) is 1.59. The Hall–Kier alpha value is -2.33. The smallest absolute Gasteiger partial charge is 0.224 e.